The summed E-state index contributed by atoms with van der Waals surface area (Å²) in [5.74, 6) is -0.638. The van der Waals surface area contributed by atoms with Crippen LogP contribution in [0.2, 0.25) is 0 Å². The standard InChI is InChI=1S/C20H17Cl3N4O3S/c21-20(22,23)18(25-17(28)14-6-3-7-16(11-14)27(29)30)26-19(31)24-15-9-8-12-4-1-2-5-13(12)10-15/h1-11,18,27,29H,(H,25,28)(H2,24,26,31). The van der Waals surface area contributed by atoms with Gasteiger partial charge in [-0.3, -0.25) is 4.79 Å². The van der Waals surface area contributed by atoms with Crippen molar-refractivity contribution in [1.82, 2.24) is 10.6 Å². The van der Waals surface area contributed by atoms with Crippen molar-refractivity contribution in [3.63, 3.8) is 0 Å². The van der Waals surface area contributed by atoms with Crippen molar-refractivity contribution in [1.29, 1.82) is 0 Å². The third-order valence-corrected chi connectivity index (χ3v) is 5.13. The monoisotopic (exact) mass is 498 g/mol. The first-order chi connectivity index (χ1) is 14.6. The number of nitrogens with one attached hydrogen (secondary N) is 4. The van der Waals surface area contributed by atoms with Gasteiger partial charge >= 0.3 is 0 Å². The van der Waals surface area contributed by atoms with Crippen LogP contribution in [0.25, 0.3) is 10.8 Å². The number of hydrogen-bond acceptors (Lipinski definition) is 4. The Morgan fingerprint density at radius 3 is 2.39 bits per heavy atom. The van der Waals surface area contributed by atoms with Crippen LogP contribution in [0.3, 0.4) is 0 Å². The largest absolute Gasteiger partial charge is 0.595 e. The first-order valence-electron chi connectivity index (χ1n) is 8.91. The van der Waals surface area contributed by atoms with Crippen molar-refractivity contribution in [2.75, 3.05) is 5.32 Å². The Labute approximate surface area is 198 Å². The molecule has 0 saturated carbocycles. The van der Waals surface area contributed by atoms with E-state index in [1.165, 1.54) is 24.3 Å². The lowest BCUT2D eigenvalue weighted by atomic mass is 10.1. The molecule has 31 heavy (non-hydrogen) atoms. The zero-order valence-electron chi connectivity index (χ0n) is 15.7. The number of hydrogen-bond donors (Lipinski definition) is 5. The van der Waals surface area contributed by atoms with Gasteiger partial charge in [0.15, 0.2) is 10.8 Å². The highest BCUT2D eigenvalue weighted by Crippen LogP contribution is 2.29. The Bertz CT molecular complexity index is 1110. The highest BCUT2D eigenvalue weighted by molar-refractivity contribution is 7.80. The van der Waals surface area contributed by atoms with E-state index in [0.29, 0.717) is 5.69 Å². The predicted octanol–water partition coefficient (Wildman–Crippen LogP) is 3.66. The molecule has 2 unspecified atom stereocenters. The molecule has 0 saturated heterocycles. The Balaban J connectivity index is 1.71. The highest BCUT2D eigenvalue weighted by atomic mass is 35.6. The lowest BCUT2D eigenvalue weighted by Gasteiger charge is -2.28. The van der Waals surface area contributed by atoms with Crippen LogP contribution in [0.5, 0.6) is 0 Å². The molecule has 0 aliphatic heterocycles. The van der Waals surface area contributed by atoms with Crippen molar-refractivity contribution >= 4 is 80.2 Å². The number of anilines is 1. The number of alkyl halides is 3. The molecule has 0 radical (unpaired) electrons. The smallest absolute Gasteiger partial charge is 0.253 e. The van der Waals surface area contributed by atoms with Crippen LogP contribution in [-0.2, 0) is 0 Å². The Morgan fingerprint density at radius 2 is 1.71 bits per heavy atom. The number of quaternary nitrogens is 1. The maximum Gasteiger partial charge on any atom is 0.253 e. The van der Waals surface area contributed by atoms with E-state index in [0.717, 1.165) is 10.8 Å². The molecule has 5 N–H and O–H groups in total. The van der Waals surface area contributed by atoms with E-state index in [1.807, 2.05) is 42.5 Å². The fraction of sp³-hybridized carbons (Fsp3) is 0.100. The number of thiocarbonyl (C=S) groups is 1. The van der Waals surface area contributed by atoms with Crippen molar-refractivity contribution in [2.24, 2.45) is 0 Å². The average molecular weight is 500 g/mol. The second-order valence-electron chi connectivity index (χ2n) is 6.49. The zero-order valence-corrected chi connectivity index (χ0v) is 18.8. The molecule has 0 spiro atoms. The van der Waals surface area contributed by atoms with Crippen molar-refractivity contribution in [3.8, 4) is 0 Å². The molecular weight excluding hydrogens is 483 g/mol. The van der Waals surface area contributed by atoms with Crippen LogP contribution in [0.1, 0.15) is 10.4 Å². The van der Waals surface area contributed by atoms with Crippen LogP contribution in [0, 0.1) is 5.21 Å². The first kappa shape index (κ1) is 23.5. The average Bonchev–Trinajstić information content (AvgIpc) is 2.72. The molecule has 11 heteroatoms. The highest BCUT2D eigenvalue weighted by Gasteiger charge is 2.35. The number of rotatable bonds is 5. The van der Waals surface area contributed by atoms with Gasteiger partial charge in [-0.25, -0.2) is 5.21 Å². The van der Waals surface area contributed by atoms with E-state index >= 15 is 0 Å². The molecule has 1 amide bonds. The minimum Gasteiger partial charge on any atom is -0.595 e. The van der Waals surface area contributed by atoms with Gasteiger partial charge in [-0.2, -0.15) is 5.23 Å². The van der Waals surface area contributed by atoms with Gasteiger partial charge in [0.2, 0.25) is 3.79 Å². The molecule has 162 valence electrons. The number of carbonyl (C=O) groups is 1. The van der Waals surface area contributed by atoms with Crippen LogP contribution < -0.4 is 21.2 Å². The number of carbonyl (C=O) groups excluding carboxylic acids is 1. The lowest BCUT2D eigenvalue weighted by molar-refractivity contribution is -0.991. The topological polar surface area (TPSA) is 101 Å². The van der Waals surface area contributed by atoms with E-state index in [9.17, 15) is 10.0 Å². The van der Waals surface area contributed by atoms with Gasteiger partial charge < -0.3 is 21.2 Å². The number of amides is 1. The number of halogens is 3. The molecule has 3 rings (SSSR count). The Morgan fingerprint density at radius 1 is 1.00 bits per heavy atom. The van der Waals surface area contributed by atoms with E-state index in [4.69, 9.17) is 52.2 Å². The third kappa shape index (κ3) is 6.41. The maximum absolute atomic E-state index is 12.6. The van der Waals surface area contributed by atoms with Crippen molar-refractivity contribution < 1.29 is 15.2 Å². The minimum absolute atomic E-state index is 0.0421. The molecule has 3 aromatic carbocycles. The summed E-state index contributed by atoms with van der Waals surface area (Å²) in [6.07, 6.45) is -1.20. The summed E-state index contributed by atoms with van der Waals surface area (Å²) in [4.78, 5) is 12.6. The fourth-order valence-electron chi connectivity index (χ4n) is 2.77. The summed E-state index contributed by atoms with van der Waals surface area (Å²) in [6.45, 7) is 0. The minimum atomic E-state index is -1.95. The number of benzene rings is 3. The Hall–Kier alpha value is -2.17. The summed E-state index contributed by atoms with van der Waals surface area (Å²) in [5.41, 5.74) is 0.758. The van der Waals surface area contributed by atoms with Gasteiger partial charge in [-0.15, -0.1) is 0 Å². The Kier molecular flexibility index (Phi) is 7.55. The molecule has 3 aromatic rings. The molecule has 0 bridgehead atoms. The first-order valence-corrected chi connectivity index (χ1v) is 10.4. The summed E-state index contributed by atoms with van der Waals surface area (Å²) >= 11 is 23.3. The molecule has 0 fully saturated rings. The molecule has 7 nitrogen and oxygen atoms in total. The summed E-state index contributed by atoms with van der Waals surface area (Å²) in [5, 5.41) is 29.5. The molecule has 0 aromatic heterocycles. The molecule has 2 atom stereocenters. The molecule has 0 heterocycles. The van der Waals surface area contributed by atoms with Crippen molar-refractivity contribution in [2.45, 2.75) is 9.96 Å². The molecule has 0 aliphatic carbocycles. The van der Waals surface area contributed by atoms with Crippen LogP contribution in [-0.4, -0.2) is 26.2 Å². The van der Waals surface area contributed by atoms with E-state index in [-0.39, 0.29) is 16.4 Å². The summed E-state index contributed by atoms with van der Waals surface area (Å²) in [6, 6.07) is 19.0. The van der Waals surface area contributed by atoms with Crippen molar-refractivity contribution in [3.05, 3.63) is 77.5 Å². The fourth-order valence-corrected chi connectivity index (χ4v) is 3.34. The number of fused-ring (bicyclic) bond motifs is 1. The van der Waals surface area contributed by atoms with Gasteiger partial charge in [-0.05, 0) is 41.2 Å². The van der Waals surface area contributed by atoms with Gasteiger partial charge in [0.1, 0.15) is 6.17 Å². The predicted molar refractivity (Wildman–Crippen MR) is 127 cm³/mol. The molecular formula is C20H17Cl3N4O3S. The quantitative estimate of drug-likeness (QED) is 0.159. The van der Waals surface area contributed by atoms with Crippen LogP contribution in [0.15, 0.2) is 66.7 Å². The van der Waals surface area contributed by atoms with Crippen LogP contribution in [0.4, 0.5) is 11.4 Å². The van der Waals surface area contributed by atoms with Gasteiger partial charge in [0.25, 0.3) is 5.91 Å². The summed E-state index contributed by atoms with van der Waals surface area (Å²) < 4.78 is -1.95. The normalized spacial score (nSPS) is 13.3. The molecule has 0 aliphatic rings. The van der Waals surface area contributed by atoms with Crippen LogP contribution >= 0.6 is 47.0 Å². The lowest BCUT2D eigenvalue weighted by Crippen LogP contribution is -2.99. The maximum atomic E-state index is 12.6. The van der Waals surface area contributed by atoms with E-state index in [1.54, 1.807) is 0 Å². The van der Waals surface area contributed by atoms with Gasteiger partial charge in [-0.1, -0.05) is 71.2 Å². The van der Waals surface area contributed by atoms with Gasteiger partial charge in [0.05, 0.1) is 0 Å². The zero-order chi connectivity index (χ0) is 22.6. The SMILES string of the molecule is O=C(NC(NC(=S)Nc1ccc2ccccc2c1)C(Cl)(Cl)Cl)c1cccc([NH+]([O-])O)c1. The second-order valence-corrected chi connectivity index (χ2v) is 9.27. The second kappa shape index (κ2) is 9.97. The third-order valence-electron chi connectivity index (χ3n) is 4.26. The van der Waals surface area contributed by atoms with E-state index in [2.05, 4.69) is 16.0 Å². The van der Waals surface area contributed by atoms with E-state index < -0.39 is 21.1 Å². The summed E-state index contributed by atoms with van der Waals surface area (Å²) in [7, 11) is 0. The van der Waals surface area contributed by atoms with Gasteiger partial charge in [0, 0.05) is 23.4 Å².